The molecule has 3 saturated carbocycles. The number of allylic oxidation sites excluding steroid dienone is 1. The average molecular weight is 330 g/mol. The molecule has 4 aliphatic carbocycles. The molecule has 1 spiro atoms. The van der Waals surface area contributed by atoms with Crippen molar-refractivity contribution in [2.45, 2.75) is 63.5 Å². The highest BCUT2D eigenvalue weighted by atomic mass is 32.2. The van der Waals surface area contributed by atoms with Gasteiger partial charge in [-0.25, -0.2) is 0 Å². The Kier molecular flexibility index (Phi) is 3.04. The zero-order valence-corrected chi connectivity index (χ0v) is 14.8. The molecule has 5 aliphatic rings. The van der Waals surface area contributed by atoms with Crippen LogP contribution in [0.5, 0.6) is 0 Å². The lowest BCUT2D eigenvalue weighted by atomic mass is 9.46. The molecule has 0 N–H and O–H groups in total. The van der Waals surface area contributed by atoms with E-state index in [4.69, 9.17) is 0 Å². The van der Waals surface area contributed by atoms with Crippen LogP contribution in [0.2, 0.25) is 0 Å². The summed E-state index contributed by atoms with van der Waals surface area (Å²) in [6.45, 7) is 2.26. The van der Waals surface area contributed by atoms with E-state index in [2.05, 4.69) is 6.92 Å². The smallest absolute Gasteiger partial charge is 0.168 e. The average Bonchev–Trinajstić information content (AvgIpc) is 2.85. The first kappa shape index (κ1) is 14.7. The Balaban J connectivity index is 1.56. The van der Waals surface area contributed by atoms with Crippen LogP contribution in [0.1, 0.15) is 58.3 Å². The lowest BCUT2D eigenvalue weighted by Gasteiger charge is -2.60. The number of ketones is 2. The molecular weight excluding hydrogens is 304 g/mol. The van der Waals surface area contributed by atoms with Crippen molar-refractivity contribution in [3.8, 4) is 0 Å². The predicted octanol–water partition coefficient (Wildman–Crippen LogP) is 4.18. The molecule has 2 nitrogen and oxygen atoms in total. The number of carbonyl (C=O) groups is 2. The molecule has 4 fully saturated rings. The standard InChI is InChI=1S/C20H26O2S/c1-19-7-6-15-13(14(19)4-5-18(19)22)3-2-12-10-16(21)17-11-20(12,15)8-9-23-17/h10,13-15,17H,2-9,11H2,1H3/t13-,14-,15-,17?,19-,20-/m0/s1. The number of hydrogen-bond acceptors (Lipinski definition) is 3. The molecule has 6 atom stereocenters. The van der Waals surface area contributed by atoms with Gasteiger partial charge in [0.15, 0.2) is 5.78 Å². The van der Waals surface area contributed by atoms with Crippen LogP contribution in [0.15, 0.2) is 11.6 Å². The Morgan fingerprint density at radius 3 is 2.83 bits per heavy atom. The van der Waals surface area contributed by atoms with Crippen molar-refractivity contribution in [3.05, 3.63) is 11.6 Å². The lowest BCUT2D eigenvalue weighted by molar-refractivity contribution is -0.133. The third-order valence-corrected chi connectivity index (χ3v) is 9.53. The molecule has 1 heterocycles. The monoisotopic (exact) mass is 330 g/mol. The molecule has 23 heavy (non-hydrogen) atoms. The van der Waals surface area contributed by atoms with E-state index in [9.17, 15) is 9.59 Å². The van der Waals surface area contributed by atoms with Gasteiger partial charge in [0.25, 0.3) is 0 Å². The third kappa shape index (κ3) is 1.78. The first-order valence-corrected chi connectivity index (χ1v) is 10.5. The molecule has 124 valence electrons. The van der Waals surface area contributed by atoms with Gasteiger partial charge >= 0.3 is 0 Å². The molecule has 0 aromatic rings. The summed E-state index contributed by atoms with van der Waals surface area (Å²) in [5, 5.41) is 0.227. The van der Waals surface area contributed by atoms with E-state index in [-0.39, 0.29) is 10.7 Å². The van der Waals surface area contributed by atoms with Gasteiger partial charge in [-0.05, 0) is 79.9 Å². The number of fused-ring (bicyclic) bond motifs is 4. The maximum absolute atomic E-state index is 12.5. The number of rotatable bonds is 0. The second-order valence-electron chi connectivity index (χ2n) is 8.88. The Bertz CT molecular complexity index is 623. The van der Waals surface area contributed by atoms with Gasteiger partial charge in [0, 0.05) is 11.8 Å². The highest BCUT2D eigenvalue weighted by Gasteiger charge is 2.61. The molecule has 0 aromatic heterocycles. The second-order valence-corrected chi connectivity index (χ2v) is 10.2. The highest BCUT2D eigenvalue weighted by Crippen LogP contribution is 2.67. The van der Waals surface area contributed by atoms with E-state index in [1.54, 1.807) is 0 Å². The molecule has 5 rings (SSSR count). The quantitative estimate of drug-likeness (QED) is 0.668. The topological polar surface area (TPSA) is 34.1 Å². The van der Waals surface area contributed by atoms with Crippen LogP contribution < -0.4 is 0 Å². The molecule has 1 aliphatic heterocycles. The minimum atomic E-state index is -0.0215. The maximum Gasteiger partial charge on any atom is 0.168 e. The first-order chi connectivity index (χ1) is 11.0. The van der Waals surface area contributed by atoms with Crippen LogP contribution in [-0.2, 0) is 9.59 Å². The van der Waals surface area contributed by atoms with Crippen LogP contribution in [-0.4, -0.2) is 22.6 Å². The second kappa shape index (κ2) is 4.74. The van der Waals surface area contributed by atoms with E-state index in [0.717, 1.165) is 49.7 Å². The summed E-state index contributed by atoms with van der Waals surface area (Å²) in [4.78, 5) is 24.8. The summed E-state index contributed by atoms with van der Waals surface area (Å²) in [5.74, 6) is 4.16. The van der Waals surface area contributed by atoms with Crippen LogP contribution in [0.4, 0.5) is 0 Å². The fourth-order valence-electron chi connectivity index (χ4n) is 7.12. The van der Waals surface area contributed by atoms with Crippen molar-refractivity contribution in [1.29, 1.82) is 0 Å². The summed E-state index contributed by atoms with van der Waals surface area (Å²) in [6.07, 6.45) is 11.0. The molecule has 0 aromatic carbocycles. The minimum Gasteiger partial charge on any atom is -0.299 e. The zero-order valence-electron chi connectivity index (χ0n) is 14.0. The van der Waals surface area contributed by atoms with Crippen LogP contribution in [0.25, 0.3) is 0 Å². The van der Waals surface area contributed by atoms with Crippen molar-refractivity contribution in [2.75, 3.05) is 5.75 Å². The number of hydrogen-bond donors (Lipinski definition) is 0. The van der Waals surface area contributed by atoms with Crippen molar-refractivity contribution < 1.29 is 9.59 Å². The van der Waals surface area contributed by atoms with Gasteiger partial charge in [0.05, 0.1) is 5.25 Å². The van der Waals surface area contributed by atoms with Crippen molar-refractivity contribution in [3.63, 3.8) is 0 Å². The Labute approximate surface area is 142 Å². The third-order valence-electron chi connectivity index (χ3n) is 8.29. The van der Waals surface area contributed by atoms with Gasteiger partial charge in [-0.3, -0.25) is 9.59 Å². The zero-order chi connectivity index (χ0) is 15.8. The van der Waals surface area contributed by atoms with E-state index in [0.29, 0.717) is 22.9 Å². The van der Waals surface area contributed by atoms with Gasteiger partial charge in [-0.2, -0.15) is 11.8 Å². The van der Waals surface area contributed by atoms with Crippen LogP contribution >= 0.6 is 11.8 Å². The van der Waals surface area contributed by atoms with Gasteiger partial charge in [0.2, 0.25) is 0 Å². The molecule has 1 saturated heterocycles. The Hall–Kier alpha value is -0.570. The predicted molar refractivity (Wildman–Crippen MR) is 92.3 cm³/mol. The van der Waals surface area contributed by atoms with Crippen LogP contribution in [0.3, 0.4) is 0 Å². The van der Waals surface area contributed by atoms with E-state index in [1.165, 1.54) is 24.8 Å². The molecule has 2 bridgehead atoms. The number of thioether (sulfide) groups is 1. The van der Waals surface area contributed by atoms with Crippen LogP contribution in [0, 0.1) is 28.6 Å². The summed E-state index contributed by atoms with van der Waals surface area (Å²) < 4.78 is 0. The lowest BCUT2D eigenvalue weighted by Crippen LogP contribution is -2.54. The molecular formula is C20H26O2S. The largest absolute Gasteiger partial charge is 0.299 e. The van der Waals surface area contributed by atoms with Crippen molar-refractivity contribution >= 4 is 23.3 Å². The van der Waals surface area contributed by atoms with Gasteiger partial charge in [0.1, 0.15) is 5.78 Å². The molecule has 1 unspecified atom stereocenters. The summed E-state index contributed by atoms with van der Waals surface area (Å²) >= 11 is 1.89. The normalized spacial score (nSPS) is 51.6. The Morgan fingerprint density at radius 1 is 1.09 bits per heavy atom. The molecule has 0 radical (unpaired) electrons. The van der Waals surface area contributed by atoms with Gasteiger partial charge in [-0.15, -0.1) is 0 Å². The summed E-state index contributed by atoms with van der Waals surface area (Å²) in [7, 11) is 0. The summed E-state index contributed by atoms with van der Waals surface area (Å²) in [5.41, 5.74) is 1.79. The van der Waals surface area contributed by atoms with E-state index < -0.39 is 0 Å². The molecule has 0 amide bonds. The van der Waals surface area contributed by atoms with Crippen molar-refractivity contribution in [2.24, 2.45) is 28.6 Å². The minimum absolute atomic E-state index is 0.0215. The van der Waals surface area contributed by atoms with Gasteiger partial charge < -0.3 is 0 Å². The van der Waals surface area contributed by atoms with E-state index in [1.807, 2.05) is 17.8 Å². The SMILES string of the molecule is C[C@]12CC[C@H]3[C@@H](CCC4=CC(=O)C5C[C@@]43CCS5)[C@@H]1CCC2=O. The van der Waals surface area contributed by atoms with Crippen molar-refractivity contribution in [1.82, 2.24) is 0 Å². The fraction of sp³-hybridized carbons (Fsp3) is 0.800. The highest BCUT2D eigenvalue weighted by molar-refractivity contribution is 8.00. The van der Waals surface area contributed by atoms with E-state index >= 15 is 0 Å². The fourth-order valence-corrected chi connectivity index (χ4v) is 8.54. The number of Topliss-reactive ketones (excluding diaryl/α,β-unsaturated/α-hetero) is 1. The maximum atomic E-state index is 12.5. The number of carbonyl (C=O) groups excluding carboxylic acids is 2. The van der Waals surface area contributed by atoms with Gasteiger partial charge in [-0.1, -0.05) is 12.5 Å². The molecule has 3 heteroatoms. The first-order valence-electron chi connectivity index (χ1n) is 9.44. The Morgan fingerprint density at radius 2 is 1.96 bits per heavy atom. The summed E-state index contributed by atoms with van der Waals surface area (Å²) in [6, 6.07) is 0.